The monoisotopic (exact) mass is 330 g/mol. The van der Waals surface area contributed by atoms with Crippen LogP contribution in [0.3, 0.4) is 0 Å². The summed E-state index contributed by atoms with van der Waals surface area (Å²) in [5.41, 5.74) is 2.10. The summed E-state index contributed by atoms with van der Waals surface area (Å²) in [5, 5.41) is 0.695. The summed E-state index contributed by atoms with van der Waals surface area (Å²) < 4.78 is 3.66. The van der Waals surface area contributed by atoms with Crippen LogP contribution in [0.2, 0.25) is 5.02 Å². The van der Waals surface area contributed by atoms with Crippen molar-refractivity contribution in [3.8, 4) is 5.69 Å². The largest absolute Gasteiger partial charge is 0.337 e. The van der Waals surface area contributed by atoms with Crippen molar-refractivity contribution in [1.29, 1.82) is 0 Å². The van der Waals surface area contributed by atoms with E-state index in [0.717, 1.165) is 15.9 Å². The van der Waals surface area contributed by atoms with E-state index < -0.39 is 0 Å². The van der Waals surface area contributed by atoms with E-state index in [1.54, 1.807) is 0 Å². The standard InChI is InChI=1S/C12H12BrClN2S/c1-7(2)11-6-15-12(17)16(11)10-5-8(14)3-4-9(10)13/h3-7H,1-2H3,(H,15,17). The normalized spacial score (nSPS) is 11.1. The van der Waals surface area contributed by atoms with Crippen molar-refractivity contribution in [3.63, 3.8) is 0 Å². The van der Waals surface area contributed by atoms with E-state index in [4.69, 9.17) is 23.8 Å². The molecule has 2 rings (SSSR count). The van der Waals surface area contributed by atoms with Gasteiger partial charge in [0.25, 0.3) is 0 Å². The molecule has 0 aliphatic carbocycles. The van der Waals surface area contributed by atoms with Crippen molar-refractivity contribution >= 4 is 39.7 Å². The van der Waals surface area contributed by atoms with Crippen LogP contribution < -0.4 is 0 Å². The van der Waals surface area contributed by atoms with Crippen LogP contribution in [0.4, 0.5) is 0 Å². The van der Waals surface area contributed by atoms with Gasteiger partial charge in [-0.1, -0.05) is 25.4 Å². The Bertz CT molecular complexity index is 601. The highest BCUT2D eigenvalue weighted by Crippen LogP contribution is 2.28. The van der Waals surface area contributed by atoms with Gasteiger partial charge in [-0.05, 0) is 52.3 Å². The van der Waals surface area contributed by atoms with Gasteiger partial charge in [-0.15, -0.1) is 0 Å². The molecule has 5 heteroatoms. The number of halogens is 2. The maximum atomic E-state index is 6.04. The zero-order chi connectivity index (χ0) is 12.6. The number of nitrogens with one attached hydrogen (secondary N) is 1. The molecule has 0 aliphatic rings. The average molecular weight is 332 g/mol. The van der Waals surface area contributed by atoms with Gasteiger partial charge in [0.05, 0.1) is 5.69 Å². The first-order valence-electron chi connectivity index (χ1n) is 5.26. The van der Waals surface area contributed by atoms with Crippen LogP contribution in [0, 0.1) is 4.77 Å². The molecule has 90 valence electrons. The van der Waals surface area contributed by atoms with E-state index in [-0.39, 0.29) is 0 Å². The molecule has 0 unspecified atom stereocenters. The second kappa shape index (κ2) is 4.96. The second-order valence-electron chi connectivity index (χ2n) is 4.10. The number of hydrogen-bond donors (Lipinski definition) is 1. The van der Waals surface area contributed by atoms with Gasteiger partial charge in [0, 0.05) is 21.4 Å². The van der Waals surface area contributed by atoms with Crippen molar-refractivity contribution in [3.05, 3.63) is 44.4 Å². The summed E-state index contributed by atoms with van der Waals surface area (Å²) in [5.74, 6) is 0.383. The number of imidazole rings is 1. The molecule has 0 atom stereocenters. The lowest BCUT2D eigenvalue weighted by Crippen LogP contribution is -2.02. The van der Waals surface area contributed by atoms with Crippen molar-refractivity contribution in [2.24, 2.45) is 0 Å². The first kappa shape index (κ1) is 12.9. The number of rotatable bonds is 2. The van der Waals surface area contributed by atoms with Crippen molar-refractivity contribution < 1.29 is 0 Å². The molecule has 17 heavy (non-hydrogen) atoms. The lowest BCUT2D eigenvalue weighted by molar-refractivity contribution is 0.782. The Morgan fingerprint density at radius 1 is 1.41 bits per heavy atom. The predicted molar refractivity (Wildman–Crippen MR) is 77.8 cm³/mol. The number of hydrogen-bond acceptors (Lipinski definition) is 1. The van der Waals surface area contributed by atoms with E-state index in [9.17, 15) is 0 Å². The van der Waals surface area contributed by atoms with E-state index in [0.29, 0.717) is 15.7 Å². The Labute approximate surface area is 119 Å². The molecule has 1 N–H and O–H groups in total. The van der Waals surface area contributed by atoms with Gasteiger partial charge in [0.1, 0.15) is 0 Å². The average Bonchev–Trinajstić information content (AvgIpc) is 2.64. The second-order valence-corrected chi connectivity index (χ2v) is 5.78. The van der Waals surface area contributed by atoms with Gasteiger partial charge in [0.2, 0.25) is 0 Å². The van der Waals surface area contributed by atoms with E-state index in [2.05, 4.69) is 34.8 Å². The van der Waals surface area contributed by atoms with Crippen LogP contribution in [0.5, 0.6) is 0 Å². The Hall–Kier alpha value is -0.580. The maximum absolute atomic E-state index is 6.04. The van der Waals surface area contributed by atoms with E-state index in [1.807, 2.05) is 29.0 Å². The summed E-state index contributed by atoms with van der Waals surface area (Å²) in [6.07, 6.45) is 1.94. The minimum absolute atomic E-state index is 0.383. The summed E-state index contributed by atoms with van der Waals surface area (Å²) >= 11 is 14.9. The highest BCUT2D eigenvalue weighted by atomic mass is 79.9. The van der Waals surface area contributed by atoms with Crippen molar-refractivity contribution in [1.82, 2.24) is 9.55 Å². The van der Waals surface area contributed by atoms with Gasteiger partial charge >= 0.3 is 0 Å². The number of nitrogens with zero attached hydrogens (tertiary/aromatic N) is 1. The predicted octanol–water partition coefficient (Wildman–Crippen LogP) is 5.07. The molecular weight excluding hydrogens is 320 g/mol. The van der Waals surface area contributed by atoms with Gasteiger partial charge in [-0.3, -0.25) is 4.57 Å². The van der Waals surface area contributed by atoms with Gasteiger partial charge < -0.3 is 4.98 Å². The number of aromatic amines is 1. The molecule has 1 aromatic heterocycles. The third-order valence-corrected chi connectivity index (χ3v) is 3.75. The summed E-state index contributed by atoms with van der Waals surface area (Å²) in [6.45, 7) is 4.26. The molecule has 1 aromatic carbocycles. The quantitative estimate of drug-likeness (QED) is 0.762. The molecule has 2 nitrogen and oxygen atoms in total. The molecule has 0 aliphatic heterocycles. The van der Waals surface area contributed by atoms with Crippen LogP contribution in [0.25, 0.3) is 5.69 Å². The van der Waals surface area contributed by atoms with Gasteiger partial charge in [-0.25, -0.2) is 0 Å². The SMILES string of the molecule is CC(C)c1c[nH]c(=S)n1-c1cc(Cl)ccc1Br. The lowest BCUT2D eigenvalue weighted by atomic mass is 10.1. The molecule has 0 saturated carbocycles. The van der Waals surface area contributed by atoms with Crippen molar-refractivity contribution in [2.45, 2.75) is 19.8 Å². The zero-order valence-corrected chi connectivity index (χ0v) is 12.7. The van der Waals surface area contributed by atoms with Crippen LogP contribution in [-0.4, -0.2) is 9.55 Å². The van der Waals surface area contributed by atoms with E-state index >= 15 is 0 Å². The van der Waals surface area contributed by atoms with Gasteiger partial charge in [-0.2, -0.15) is 0 Å². The van der Waals surface area contributed by atoms with Crippen LogP contribution in [-0.2, 0) is 0 Å². The molecule has 0 saturated heterocycles. The van der Waals surface area contributed by atoms with Crippen LogP contribution in [0.15, 0.2) is 28.9 Å². The summed E-state index contributed by atoms with van der Waals surface area (Å²) in [6, 6.07) is 5.68. The third kappa shape index (κ3) is 2.49. The first-order valence-corrected chi connectivity index (χ1v) is 6.84. The Morgan fingerprint density at radius 2 is 2.12 bits per heavy atom. The number of H-pyrrole nitrogens is 1. The summed E-state index contributed by atoms with van der Waals surface area (Å²) in [7, 11) is 0. The molecule has 0 amide bonds. The fourth-order valence-corrected chi connectivity index (χ4v) is 2.57. The van der Waals surface area contributed by atoms with Crippen LogP contribution in [0.1, 0.15) is 25.5 Å². The molecule has 0 fully saturated rings. The van der Waals surface area contributed by atoms with Gasteiger partial charge in [0.15, 0.2) is 4.77 Å². The Balaban J connectivity index is 2.72. The molecule has 0 bridgehead atoms. The number of benzene rings is 1. The summed E-state index contributed by atoms with van der Waals surface area (Å²) in [4.78, 5) is 3.08. The molecule has 0 spiro atoms. The maximum Gasteiger partial charge on any atom is 0.182 e. The first-order chi connectivity index (χ1) is 8.00. The molecular formula is C12H12BrClN2S. The lowest BCUT2D eigenvalue weighted by Gasteiger charge is -2.12. The third-order valence-electron chi connectivity index (χ3n) is 2.55. The fraction of sp³-hybridized carbons (Fsp3) is 0.250. The smallest absolute Gasteiger partial charge is 0.182 e. The van der Waals surface area contributed by atoms with Crippen molar-refractivity contribution in [2.75, 3.05) is 0 Å². The highest BCUT2D eigenvalue weighted by Gasteiger charge is 2.12. The van der Waals surface area contributed by atoms with Crippen LogP contribution >= 0.6 is 39.7 Å². The zero-order valence-electron chi connectivity index (χ0n) is 9.50. The van der Waals surface area contributed by atoms with E-state index in [1.165, 1.54) is 0 Å². The fourth-order valence-electron chi connectivity index (χ4n) is 1.71. The highest BCUT2D eigenvalue weighted by molar-refractivity contribution is 9.10. The minimum atomic E-state index is 0.383. The molecule has 0 radical (unpaired) electrons. The Morgan fingerprint density at radius 3 is 2.76 bits per heavy atom. The number of aromatic nitrogens is 2. The topological polar surface area (TPSA) is 20.7 Å². The Kier molecular flexibility index (Phi) is 3.76. The molecule has 2 aromatic rings. The minimum Gasteiger partial charge on any atom is -0.337 e. The molecule has 1 heterocycles.